The van der Waals surface area contributed by atoms with E-state index >= 15 is 0 Å². The third-order valence-corrected chi connectivity index (χ3v) is 6.10. The number of hydrogen-bond donors (Lipinski definition) is 2. The van der Waals surface area contributed by atoms with Gasteiger partial charge in [0, 0.05) is 18.6 Å². The van der Waals surface area contributed by atoms with Crippen molar-refractivity contribution in [3.8, 4) is 0 Å². The molecule has 0 radical (unpaired) electrons. The van der Waals surface area contributed by atoms with Crippen molar-refractivity contribution < 1.29 is 14.7 Å². The summed E-state index contributed by atoms with van der Waals surface area (Å²) >= 11 is 1.76. The largest absolute Gasteiger partial charge is 0.480 e. The van der Waals surface area contributed by atoms with Crippen molar-refractivity contribution in [3.63, 3.8) is 0 Å². The van der Waals surface area contributed by atoms with Crippen LogP contribution in [0.1, 0.15) is 38.5 Å². The van der Waals surface area contributed by atoms with E-state index in [1.54, 1.807) is 11.8 Å². The number of carboxylic acids is 1. The van der Waals surface area contributed by atoms with Crippen molar-refractivity contribution in [1.82, 2.24) is 10.2 Å². The molecule has 0 aromatic heterocycles. The third kappa shape index (κ3) is 4.13. The Balaban J connectivity index is 1.42. The number of thioether (sulfide) groups is 1. The molecule has 2 N–H and O–H groups in total. The van der Waals surface area contributed by atoms with E-state index in [-0.39, 0.29) is 23.7 Å². The molecule has 1 unspecified atom stereocenters. The van der Waals surface area contributed by atoms with Gasteiger partial charge in [-0.05, 0) is 50.2 Å². The summed E-state index contributed by atoms with van der Waals surface area (Å²) in [5, 5.41) is 12.3. The number of carbonyl (C=O) groups is 2. The van der Waals surface area contributed by atoms with Crippen molar-refractivity contribution in [3.05, 3.63) is 0 Å². The van der Waals surface area contributed by atoms with Crippen molar-refractivity contribution in [2.24, 2.45) is 5.92 Å². The van der Waals surface area contributed by atoms with Gasteiger partial charge in [0.1, 0.15) is 0 Å². The smallest absolute Gasteiger partial charge is 0.317 e. The van der Waals surface area contributed by atoms with E-state index in [4.69, 9.17) is 5.11 Å². The maximum absolute atomic E-state index is 12.1. The number of nitrogens with zero attached hydrogens (tertiary/aromatic N) is 1. The van der Waals surface area contributed by atoms with Gasteiger partial charge in [-0.3, -0.25) is 14.5 Å². The lowest BCUT2D eigenvalue weighted by Gasteiger charge is -2.43. The van der Waals surface area contributed by atoms with Gasteiger partial charge >= 0.3 is 5.97 Å². The molecule has 1 amide bonds. The molecule has 0 spiro atoms. The van der Waals surface area contributed by atoms with Crippen LogP contribution in [0, 0.1) is 5.92 Å². The Morgan fingerprint density at radius 1 is 1.24 bits per heavy atom. The van der Waals surface area contributed by atoms with E-state index in [1.165, 1.54) is 12.8 Å². The lowest BCUT2D eigenvalue weighted by molar-refractivity contribution is -0.140. The number of carboxylic acid groups (broad SMARTS) is 1. The number of aliphatic carboxylic acids is 1. The van der Waals surface area contributed by atoms with Gasteiger partial charge in [0.05, 0.1) is 11.8 Å². The second-order valence-corrected chi connectivity index (χ2v) is 7.91. The molecular weight excluding hydrogens is 288 g/mol. The zero-order valence-electron chi connectivity index (χ0n) is 12.3. The first-order valence-corrected chi connectivity index (χ1v) is 9.04. The summed E-state index contributed by atoms with van der Waals surface area (Å²) in [5.74, 6) is 1.24. The molecule has 0 aromatic carbocycles. The van der Waals surface area contributed by atoms with Gasteiger partial charge in [-0.1, -0.05) is 0 Å². The monoisotopic (exact) mass is 312 g/mol. The van der Waals surface area contributed by atoms with Crippen LogP contribution < -0.4 is 5.32 Å². The van der Waals surface area contributed by atoms with Gasteiger partial charge in [0.25, 0.3) is 0 Å². The molecule has 0 aromatic rings. The molecule has 0 bridgehead atoms. The molecule has 2 aliphatic carbocycles. The summed E-state index contributed by atoms with van der Waals surface area (Å²) < 4.78 is 0. The zero-order chi connectivity index (χ0) is 14.8. The Kier molecular flexibility index (Phi) is 4.74. The van der Waals surface area contributed by atoms with Crippen LogP contribution in [-0.4, -0.2) is 58.1 Å². The second-order valence-electron chi connectivity index (χ2n) is 6.60. The van der Waals surface area contributed by atoms with E-state index in [2.05, 4.69) is 10.2 Å². The fourth-order valence-corrected chi connectivity index (χ4v) is 4.40. The van der Waals surface area contributed by atoms with Crippen molar-refractivity contribution in [2.45, 2.75) is 55.9 Å². The summed E-state index contributed by atoms with van der Waals surface area (Å²) in [6.45, 7) is 1.05. The molecule has 2 saturated carbocycles. The summed E-state index contributed by atoms with van der Waals surface area (Å²) in [7, 11) is 0. The Morgan fingerprint density at radius 2 is 2.00 bits per heavy atom. The Labute approximate surface area is 129 Å². The summed E-state index contributed by atoms with van der Waals surface area (Å²) in [6.07, 6.45) is 6.43. The molecule has 3 fully saturated rings. The first-order chi connectivity index (χ1) is 10.1. The summed E-state index contributed by atoms with van der Waals surface area (Å²) in [4.78, 5) is 25.1. The number of carbonyl (C=O) groups excluding carboxylic acids is 1. The number of hydrogen-bond acceptors (Lipinski definition) is 4. The fraction of sp³-hybridized carbons (Fsp3) is 0.867. The molecule has 21 heavy (non-hydrogen) atoms. The van der Waals surface area contributed by atoms with Crippen LogP contribution in [0.5, 0.6) is 0 Å². The predicted molar refractivity (Wildman–Crippen MR) is 82.4 cm³/mol. The highest BCUT2D eigenvalue weighted by Crippen LogP contribution is 2.34. The van der Waals surface area contributed by atoms with Gasteiger partial charge in [-0.25, -0.2) is 0 Å². The normalized spacial score (nSPS) is 32.0. The molecule has 1 saturated heterocycles. The Bertz CT molecular complexity index is 402. The molecule has 5 nitrogen and oxygen atoms in total. The highest BCUT2D eigenvalue weighted by molar-refractivity contribution is 8.00. The predicted octanol–water partition coefficient (Wildman–Crippen LogP) is 1.33. The first-order valence-electron chi connectivity index (χ1n) is 7.99. The van der Waals surface area contributed by atoms with Crippen LogP contribution in [0.3, 0.4) is 0 Å². The van der Waals surface area contributed by atoms with Gasteiger partial charge in [-0.2, -0.15) is 0 Å². The van der Waals surface area contributed by atoms with E-state index in [0.717, 1.165) is 38.0 Å². The van der Waals surface area contributed by atoms with Crippen LogP contribution >= 0.6 is 11.8 Å². The minimum atomic E-state index is -0.745. The van der Waals surface area contributed by atoms with Crippen molar-refractivity contribution in [2.75, 3.05) is 18.8 Å². The minimum Gasteiger partial charge on any atom is -0.480 e. The number of rotatable bonds is 7. The van der Waals surface area contributed by atoms with E-state index < -0.39 is 5.97 Å². The lowest BCUT2D eigenvalue weighted by atomic mass is 9.85. The molecule has 118 valence electrons. The van der Waals surface area contributed by atoms with Gasteiger partial charge in [0.2, 0.25) is 5.91 Å². The maximum atomic E-state index is 12.1. The van der Waals surface area contributed by atoms with Gasteiger partial charge < -0.3 is 10.4 Å². The van der Waals surface area contributed by atoms with Crippen LogP contribution in [0.15, 0.2) is 0 Å². The standard InChI is InChI=1S/C15H24N2O3S/c18-14(19)9-17(8-10-3-4-10)12-6-11(7-12)16-15(20)13-2-1-5-21-13/h10-13H,1-9H2,(H,16,20)(H,18,19). The van der Waals surface area contributed by atoms with Gasteiger partial charge in [0.15, 0.2) is 0 Å². The van der Waals surface area contributed by atoms with Crippen LogP contribution in [0.2, 0.25) is 0 Å². The van der Waals surface area contributed by atoms with Gasteiger partial charge in [-0.15, -0.1) is 11.8 Å². The Hall–Kier alpha value is -0.750. The molecular formula is C15H24N2O3S. The zero-order valence-corrected chi connectivity index (χ0v) is 13.1. The average molecular weight is 312 g/mol. The first kappa shape index (κ1) is 15.2. The fourth-order valence-electron chi connectivity index (χ4n) is 3.23. The average Bonchev–Trinajstić information content (AvgIpc) is 3.03. The van der Waals surface area contributed by atoms with Crippen LogP contribution in [-0.2, 0) is 9.59 Å². The number of amides is 1. The van der Waals surface area contributed by atoms with E-state index in [1.807, 2.05) is 0 Å². The quantitative estimate of drug-likeness (QED) is 0.742. The van der Waals surface area contributed by atoms with Crippen LogP contribution in [0.25, 0.3) is 0 Å². The van der Waals surface area contributed by atoms with Crippen molar-refractivity contribution in [1.29, 1.82) is 0 Å². The number of nitrogens with one attached hydrogen (secondary N) is 1. The van der Waals surface area contributed by atoms with Crippen molar-refractivity contribution >= 4 is 23.6 Å². The summed E-state index contributed by atoms with van der Waals surface area (Å²) in [5.41, 5.74) is 0. The highest BCUT2D eigenvalue weighted by Gasteiger charge is 2.38. The van der Waals surface area contributed by atoms with E-state index in [0.29, 0.717) is 12.0 Å². The lowest BCUT2D eigenvalue weighted by Crippen LogP contribution is -2.56. The molecule has 3 aliphatic rings. The van der Waals surface area contributed by atoms with Crippen LogP contribution in [0.4, 0.5) is 0 Å². The molecule has 3 rings (SSSR count). The second kappa shape index (κ2) is 6.57. The third-order valence-electron chi connectivity index (χ3n) is 4.73. The SMILES string of the molecule is O=C(O)CN(CC1CC1)C1CC(NC(=O)C2CCCS2)C1. The minimum absolute atomic E-state index is 0.139. The Morgan fingerprint density at radius 3 is 2.57 bits per heavy atom. The molecule has 1 heterocycles. The topological polar surface area (TPSA) is 69.6 Å². The highest BCUT2D eigenvalue weighted by atomic mass is 32.2. The molecule has 1 atom stereocenters. The van der Waals surface area contributed by atoms with E-state index in [9.17, 15) is 9.59 Å². The molecule has 6 heteroatoms. The maximum Gasteiger partial charge on any atom is 0.317 e. The molecule has 1 aliphatic heterocycles. The summed E-state index contributed by atoms with van der Waals surface area (Å²) in [6, 6.07) is 0.586.